The van der Waals surface area contributed by atoms with Crippen LogP contribution in [0.5, 0.6) is 11.5 Å². The van der Waals surface area contributed by atoms with E-state index in [-0.39, 0.29) is 0 Å². The van der Waals surface area contributed by atoms with Gasteiger partial charge in [-0.15, -0.1) is 0 Å². The second-order valence-electron chi connectivity index (χ2n) is 6.92. The van der Waals surface area contributed by atoms with Gasteiger partial charge < -0.3 is 19.7 Å². The van der Waals surface area contributed by atoms with E-state index in [9.17, 15) is 0 Å². The van der Waals surface area contributed by atoms with Gasteiger partial charge in [-0.25, -0.2) is 0 Å². The van der Waals surface area contributed by atoms with Crippen molar-refractivity contribution in [2.45, 2.75) is 32.6 Å². The van der Waals surface area contributed by atoms with Crippen molar-refractivity contribution in [1.29, 1.82) is 0 Å². The average Bonchev–Trinajstić information content (AvgIpc) is 2.68. The van der Waals surface area contributed by atoms with Crippen LogP contribution >= 0.6 is 12.2 Å². The minimum Gasteiger partial charge on any atom is -0.493 e. The predicted molar refractivity (Wildman–Crippen MR) is 117 cm³/mol. The second-order valence-corrected chi connectivity index (χ2v) is 7.31. The molecule has 0 fully saturated rings. The molecule has 0 radical (unpaired) electrons. The van der Waals surface area contributed by atoms with Gasteiger partial charge in [0.15, 0.2) is 16.6 Å². The summed E-state index contributed by atoms with van der Waals surface area (Å²) in [6, 6.07) is 14.5. The highest BCUT2D eigenvalue weighted by Crippen LogP contribution is 2.28. The molecule has 0 aliphatic heterocycles. The van der Waals surface area contributed by atoms with E-state index in [4.69, 9.17) is 21.7 Å². The first-order chi connectivity index (χ1) is 12.9. The molecule has 2 rings (SSSR count). The molecule has 0 spiro atoms. The van der Waals surface area contributed by atoms with E-state index in [0.717, 1.165) is 41.7 Å². The molecule has 0 saturated heterocycles. The Kier molecular flexibility index (Phi) is 7.92. The number of rotatable bonds is 8. The molecule has 27 heavy (non-hydrogen) atoms. The summed E-state index contributed by atoms with van der Waals surface area (Å²) in [6.45, 7) is 5.27. The lowest BCUT2D eigenvalue weighted by molar-refractivity contribution is 0.354. The van der Waals surface area contributed by atoms with Gasteiger partial charge in [-0.1, -0.05) is 32.0 Å². The lowest BCUT2D eigenvalue weighted by Crippen LogP contribution is -2.32. The minimum atomic E-state index is 0.533. The van der Waals surface area contributed by atoms with Gasteiger partial charge in [-0.05, 0) is 66.4 Å². The molecule has 0 saturated carbocycles. The Morgan fingerprint density at radius 1 is 1.04 bits per heavy atom. The number of nitrogens with zero attached hydrogens (tertiary/aromatic N) is 1. The Bertz CT molecular complexity index is 744. The molecule has 4 nitrogen and oxygen atoms in total. The zero-order valence-electron chi connectivity index (χ0n) is 16.9. The molecule has 5 heteroatoms. The van der Waals surface area contributed by atoms with Crippen molar-refractivity contribution in [3.63, 3.8) is 0 Å². The highest BCUT2D eigenvalue weighted by Gasteiger charge is 2.07. The molecular formula is C22H30N2O2S. The lowest BCUT2D eigenvalue weighted by Gasteiger charge is -2.21. The summed E-state index contributed by atoms with van der Waals surface area (Å²) >= 11 is 5.52. The van der Waals surface area contributed by atoms with Crippen molar-refractivity contribution >= 4 is 23.0 Å². The fourth-order valence-electron chi connectivity index (χ4n) is 2.83. The summed E-state index contributed by atoms with van der Waals surface area (Å²) in [5.74, 6) is 2.06. The van der Waals surface area contributed by atoms with Gasteiger partial charge in [-0.3, -0.25) is 0 Å². The Morgan fingerprint density at radius 2 is 1.70 bits per heavy atom. The van der Waals surface area contributed by atoms with Crippen LogP contribution in [0.25, 0.3) is 0 Å². The maximum Gasteiger partial charge on any atom is 0.173 e. The number of anilines is 1. The summed E-state index contributed by atoms with van der Waals surface area (Å²) in [5, 5.41) is 4.05. The normalized spacial score (nSPS) is 10.6. The van der Waals surface area contributed by atoms with E-state index in [2.05, 4.69) is 54.4 Å². The van der Waals surface area contributed by atoms with E-state index < -0.39 is 0 Å². The van der Waals surface area contributed by atoms with Gasteiger partial charge in [-0.2, -0.15) is 0 Å². The Labute approximate surface area is 168 Å². The molecule has 2 aromatic rings. The quantitative estimate of drug-likeness (QED) is 0.639. The van der Waals surface area contributed by atoms with Gasteiger partial charge in [0.05, 0.1) is 14.2 Å². The smallest absolute Gasteiger partial charge is 0.173 e. The van der Waals surface area contributed by atoms with E-state index >= 15 is 0 Å². The molecule has 0 aliphatic carbocycles. The van der Waals surface area contributed by atoms with Crippen LogP contribution in [0, 0.1) is 0 Å². The van der Waals surface area contributed by atoms with Crippen LogP contribution in [0.1, 0.15) is 37.3 Å². The van der Waals surface area contributed by atoms with Crippen molar-refractivity contribution < 1.29 is 9.47 Å². The molecule has 0 atom stereocenters. The van der Waals surface area contributed by atoms with Crippen LogP contribution in [0.2, 0.25) is 0 Å². The monoisotopic (exact) mass is 386 g/mol. The summed E-state index contributed by atoms with van der Waals surface area (Å²) in [5.41, 5.74) is 3.58. The van der Waals surface area contributed by atoms with Crippen molar-refractivity contribution in [3.05, 3.63) is 53.6 Å². The fourth-order valence-corrected chi connectivity index (χ4v) is 3.04. The van der Waals surface area contributed by atoms with Crippen molar-refractivity contribution in [1.82, 2.24) is 4.90 Å². The number of methoxy groups -OCH3 is 2. The first-order valence-electron chi connectivity index (χ1n) is 9.27. The number of nitrogens with one attached hydrogen (secondary N) is 1. The number of thiocarbonyl (C=S) groups is 1. The highest BCUT2D eigenvalue weighted by molar-refractivity contribution is 7.80. The molecule has 0 heterocycles. The maximum absolute atomic E-state index is 5.52. The Balaban J connectivity index is 1.82. The molecule has 146 valence electrons. The first-order valence-corrected chi connectivity index (χ1v) is 9.68. The summed E-state index contributed by atoms with van der Waals surface area (Å²) in [4.78, 5) is 2.08. The van der Waals surface area contributed by atoms with Gasteiger partial charge in [0.2, 0.25) is 0 Å². The summed E-state index contributed by atoms with van der Waals surface area (Å²) < 4.78 is 10.6. The fraction of sp³-hybridized carbons (Fsp3) is 0.409. The average molecular weight is 387 g/mol. The zero-order valence-corrected chi connectivity index (χ0v) is 17.7. The van der Waals surface area contributed by atoms with Gasteiger partial charge in [0.1, 0.15) is 0 Å². The van der Waals surface area contributed by atoms with Crippen LogP contribution < -0.4 is 14.8 Å². The topological polar surface area (TPSA) is 33.7 Å². The van der Waals surface area contributed by atoms with Crippen LogP contribution in [0.15, 0.2) is 42.5 Å². The van der Waals surface area contributed by atoms with E-state index in [1.54, 1.807) is 14.2 Å². The number of benzene rings is 2. The second kappa shape index (κ2) is 10.2. The molecular weight excluding hydrogens is 356 g/mol. The molecule has 0 amide bonds. The summed E-state index contributed by atoms with van der Waals surface area (Å²) in [6.07, 6.45) is 1.95. The van der Waals surface area contributed by atoms with E-state index in [1.807, 2.05) is 19.2 Å². The van der Waals surface area contributed by atoms with Crippen LogP contribution in [0.3, 0.4) is 0 Å². The molecule has 0 aromatic heterocycles. The SMILES string of the molecule is COc1ccc(CCCN(C)C(=S)Nc2ccc(C(C)C)cc2)cc1OC. The lowest BCUT2D eigenvalue weighted by atomic mass is 10.0. The van der Waals surface area contributed by atoms with E-state index in [1.165, 1.54) is 11.1 Å². The van der Waals surface area contributed by atoms with Crippen molar-refractivity contribution in [2.75, 3.05) is 33.1 Å². The largest absolute Gasteiger partial charge is 0.493 e. The summed E-state index contributed by atoms with van der Waals surface area (Å²) in [7, 11) is 5.33. The Morgan fingerprint density at radius 3 is 2.30 bits per heavy atom. The molecule has 2 aromatic carbocycles. The third-order valence-corrected chi connectivity index (χ3v) is 5.00. The number of hydrogen-bond donors (Lipinski definition) is 1. The van der Waals surface area contributed by atoms with E-state index in [0.29, 0.717) is 5.92 Å². The number of ether oxygens (including phenoxy) is 2. The highest BCUT2D eigenvalue weighted by atomic mass is 32.1. The maximum atomic E-state index is 5.52. The number of aryl methyl sites for hydroxylation is 1. The molecule has 1 N–H and O–H groups in total. The molecule has 0 aliphatic rings. The molecule has 0 bridgehead atoms. The minimum absolute atomic E-state index is 0.533. The standard InChI is InChI=1S/C22H30N2O2S/c1-16(2)18-9-11-19(12-10-18)23-22(27)24(3)14-6-7-17-8-13-20(25-4)21(15-17)26-5/h8-13,15-16H,6-7,14H2,1-5H3,(H,23,27). The zero-order chi connectivity index (χ0) is 19.8. The Hall–Kier alpha value is -2.27. The first kappa shape index (κ1) is 21.0. The van der Waals surface area contributed by atoms with Crippen LogP contribution in [0.4, 0.5) is 5.69 Å². The third-order valence-electron chi connectivity index (χ3n) is 4.58. The predicted octanol–water partition coefficient (Wildman–Crippen LogP) is 5.09. The van der Waals surface area contributed by atoms with Gasteiger partial charge >= 0.3 is 0 Å². The van der Waals surface area contributed by atoms with Crippen LogP contribution in [-0.2, 0) is 6.42 Å². The number of hydrogen-bond acceptors (Lipinski definition) is 3. The molecule has 0 unspecified atom stereocenters. The van der Waals surface area contributed by atoms with Gasteiger partial charge in [0.25, 0.3) is 0 Å². The van der Waals surface area contributed by atoms with Crippen molar-refractivity contribution in [3.8, 4) is 11.5 Å². The van der Waals surface area contributed by atoms with Crippen molar-refractivity contribution in [2.24, 2.45) is 0 Å². The van der Waals surface area contributed by atoms with Gasteiger partial charge in [0, 0.05) is 19.3 Å². The van der Waals surface area contributed by atoms with Crippen LogP contribution in [-0.4, -0.2) is 37.8 Å². The third kappa shape index (κ3) is 6.14.